The third-order valence-electron chi connectivity index (χ3n) is 3.28. The Morgan fingerprint density at radius 1 is 1.26 bits per heavy atom. The van der Waals surface area contributed by atoms with Crippen molar-refractivity contribution < 1.29 is 9.47 Å². The quantitative estimate of drug-likeness (QED) is 0.805. The van der Waals surface area contributed by atoms with Gasteiger partial charge in [0.1, 0.15) is 23.1 Å². The number of methoxy groups -OCH3 is 1. The summed E-state index contributed by atoms with van der Waals surface area (Å²) in [5.41, 5.74) is 6.42. The van der Waals surface area contributed by atoms with Crippen LogP contribution in [0.15, 0.2) is 18.2 Å². The molecule has 1 fully saturated rings. The maximum absolute atomic E-state index is 5.76. The van der Waals surface area contributed by atoms with Gasteiger partial charge >= 0.3 is 0 Å². The fraction of sp³-hybridized carbons (Fsp3) is 0.500. The molecule has 104 valence electrons. The van der Waals surface area contributed by atoms with Crippen LogP contribution >= 0.6 is 12.2 Å². The number of benzene rings is 1. The zero-order valence-corrected chi connectivity index (χ0v) is 12.0. The van der Waals surface area contributed by atoms with Gasteiger partial charge < -0.3 is 15.2 Å². The Labute approximate surface area is 119 Å². The van der Waals surface area contributed by atoms with Crippen molar-refractivity contribution in [1.29, 1.82) is 0 Å². The molecule has 0 unspecified atom stereocenters. The lowest BCUT2D eigenvalue weighted by atomic mass is 10.2. The van der Waals surface area contributed by atoms with Crippen molar-refractivity contribution in [3.63, 3.8) is 0 Å². The van der Waals surface area contributed by atoms with Crippen molar-refractivity contribution in [3.8, 4) is 11.5 Å². The summed E-state index contributed by atoms with van der Waals surface area (Å²) in [5, 5.41) is 0. The van der Waals surface area contributed by atoms with Crippen LogP contribution in [-0.4, -0.2) is 43.2 Å². The van der Waals surface area contributed by atoms with Crippen LogP contribution in [-0.2, 0) is 0 Å². The van der Waals surface area contributed by atoms with E-state index in [9.17, 15) is 0 Å². The average Bonchev–Trinajstić information content (AvgIpc) is 2.91. The number of hydrogen-bond acceptors (Lipinski definition) is 4. The van der Waals surface area contributed by atoms with Crippen LogP contribution < -0.4 is 15.2 Å². The van der Waals surface area contributed by atoms with Crippen LogP contribution in [0.2, 0.25) is 0 Å². The minimum Gasteiger partial charge on any atom is -0.497 e. The molecule has 4 nitrogen and oxygen atoms in total. The van der Waals surface area contributed by atoms with E-state index in [-0.39, 0.29) is 0 Å². The SMILES string of the molecule is COc1cc(OCCN2CCCC2)cc(C(N)=S)c1. The Morgan fingerprint density at radius 3 is 2.58 bits per heavy atom. The molecule has 2 rings (SSSR count). The van der Waals surface area contributed by atoms with Crippen LogP contribution in [0.5, 0.6) is 11.5 Å². The molecular weight excluding hydrogens is 260 g/mol. The molecule has 2 N–H and O–H groups in total. The van der Waals surface area contributed by atoms with E-state index < -0.39 is 0 Å². The van der Waals surface area contributed by atoms with E-state index in [1.54, 1.807) is 7.11 Å². The van der Waals surface area contributed by atoms with Gasteiger partial charge in [-0.1, -0.05) is 12.2 Å². The van der Waals surface area contributed by atoms with Crippen LogP contribution in [0.25, 0.3) is 0 Å². The molecule has 0 saturated carbocycles. The summed E-state index contributed by atoms with van der Waals surface area (Å²) in [6.45, 7) is 3.99. The highest BCUT2D eigenvalue weighted by Crippen LogP contribution is 2.22. The standard InChI is InChI=1S/C14H20N2O2S/c1-17-12-8-11(14(15)19)9-13(10-12)18-7-6-16-4-2-3-5-16/h8-10H,2-7H2,1H3,(H2,15,19). The van der Waals surface area contributed by atoms with Crippen molar-refractivity contribution in [2.45, 2.75) is 12.8 Å². The highest BCUT2D eigenvalue weighted by molar-refractivity contribution is 7.80. The van der Waals surface area contributed by atoms with Crippen molar-refractivity contribution in [2.24, 2.45) is 5.73 Å². The lowest BCUT2D eigenvalue weighted by Crippen LogP contribution is -2.25. The summed E-state index contributed by atoms with van der Waals surface area (Å²) in [5.74, 6) is 1.46. The highest BCUT2D eigenvalue weighted by Gasteiger charge is 2.11. The molecule has 0 radical (unpaired) electrons. The number of rotatable bonds is 6. The van der Waals surface area contributed by atoms with E-state index in [2.05, 4.69) is 4.90 Å². The zero-order chi connectivity index (χ0) is 13.7. The Kier molecular flexibility index (Phi) is 4.99. The van der Waals surface area contributed by atoms with Crippen molar-refractivity contribution in [3.05, 3.63) is 23.8 Å². The van der Waals surface area contributed by atoms with Gasteiger partial charge in [0.15, 0.2) is 0 Å². The maximum atomic E-state index is 5.76. The molecular formula is C14H20N2O2S. The van der Waals surface area contributed by atoms with Gasteiger partial charge in [0, 0.05) is 18.2 Å². The Hall–Kier alpha value is -1.33. The number of thiocarbonyl (C=S) groups is 1. The summed E-state index contributed by atoms with van der Waals surface area (Å²) < 4.78 is 11.0. The van der Waals surface area contributed by atoms with E-state index in [0.717, 1.165) is 17.9 Å². The number of likely N-dealkylation sites (tertiary alicyclic amines) is 1. The first-order chi connectivity index (χ1) is 9.19. The zero-order valence-electron chi connectivity index (χ0n) is 11.2. The monoisotopic (exact) mass is 280 g/mol. The first-order valence-electron chi connectivity index (χ1n) is 6.53. The minimum atomic E-state index is 0.350. The second kappa shape index (κ2) is 6.73. The topological polar surface area (TPSA) is 47.7 Å². The lowest BCUT2D eigenvalue weighted by molar-refractivity contribution is 0.237. The number of nitrogens with two attached hydrogens (primary N) is 1. The number of nitrogens with zero attached hydrogens (tertiary/aromatic N) is 1. The second-order valence-corrected chi connectivity index (χ2v) is 5.10. The first kappa shape index (κ1) is 14.1. The Bertz CT molecular complexity index is 445. The Balaban J connectivity index is 1.94. The third kappa shape index (κ3) is 4.08. The van der Waals surface area contributed by atoms with E-state index >= 15 is 0 Å². The minimum absolute atomic E-state index is 0.350. The third-order valence-corrected chi connectivity index (χ3v) is 3.51. The highest BCUT2D eigenvalue weighted by atomic mass is 32.1. The Morgan fingerprint density at radius 2 is 1.95 bits per heavy atom. The fourth-order valence-electron chi connectivity index (χ4n) is 2.21. The molecule has 0 aliphatic carbocycles. The summed E-state index contributed by atoms with van der Waals surface area (Å²) in [4.78, 5) is 2.76. The van der Waals surface area contributed by atoms with E-state index in [4.69, 9.17) is 27.4 Å². The molecule has 5 heteroatoms. The summed E-state index contributed by atoms with van der Waals surface area (Å²) >= 11 is 4.99. The van der Waals surface area contributed by atoms with E-state index in [0.29, 0.717) is 17.3 Å². The molecule has 0 atom stereocenters. The van der Waals surface area contributed by atoms with Gasteiger partial charge in [-0.3, -0.25) is 4.90 Å². The molecule has 1 aromatic carbocycles. The molecule has 1 aliphatic rings. The van der Waals surface area contributed by atoms with Gasteiger partial charge in [-0.25, -0.2) is 0 Å². The van der Waals surface area contributed by atoms with Crippen LogP contribution in [0.1, 0.15) is 18.4 Å². The molecule has 19 heavy (non-hydrogen) atoms. The lowest BCUT2D eigenvalue weighted by Gasteiger charge is -2.15. The molecule has 0 aromatic heterocycles. The molecule has 1 aliphatic heterocycles. The van der Waals surface area contributed by atoms with Gasteiger partial charge in [-0.15, -0.1) is 0 Å². The predicted octanol–water partition coefficient (Wildman–Crippen LogP) is 1.80. The second-order valence-electron chi connectivity index (χ2n) is 4.66. The van der Waals surface area contributed by atoms with E-state index in [1.807, 2.05) is 18.2 Å². The normalized spacial score (nSPS) is 15.4. The van der Waals surface area contributed by atoms with Crippen LogP contribution in [0, 0.1) is 0 Å². The van der Waals surface area contributed by atoms with Crippen LogP contribution in [0.3, 0.4) is 0 Å². The molecule has 1 aromatic rings. The summed E-state index contributed by atoms with van der Waals surface area (Å²) in [7, 11) is 1.62. The smallest absolute Gasteiger partial charge is 0.123 e. The van der Waals surface area contributed by atoms with Gasteiger partial charge in [-0.2, -0.15) is 0 Å². The van der Waals surface area contributed by atoms with Crippen LogP contribution in [0.4, 0.5) is 0 Å². The first-order valence-corrected chi connectivity index (χ1v) is 6.94. The van der Waals surface area contributed by atoms with E-state index in [1.165, 1.54) is 25.9 Å². The van der Waals surface area contributed by atoms with Crippen molar-refractivity contribution in [2.75, 3.05) is 33.4 Å². The van der Waals surface area contributed by atoms with Gasteiger partial charge in [-0.05, 0) is 38.1 Å². The molecule has 0 bridgehead atoms. The summed E-state index contributed by atoms with van der Waals surface area (Å²) in [6.07, 6.45) is 2.59. The van der Waals surface area contributed by atoms with Gasteiger partial charge in [0.25, 0.3) is 0 Å². The summed E-state index contributed by atoms with van der Waals surface area (Å²) in [6, 6.07) is 5.52. The van der Waals surface area contributed by atoms with Gasteiger partial charge in [0.05, 0.1) is 7.11 Å². The van der Waals surface area contributed by atoms with Crippen molar-refractivity contribution in [1.82, 2.24) is 4.90 Å². The molecule has 0 spiro atoms. The largest absolute Gasteiger partial charge is 0.497 e. The number of hydrogen-bond donors (Lipinski definition) is 1. The molecule has 0 amide bonds. The molecule has 1 heterocycles. The molecule has 1 saturated heterocycles. The maximum Gasteiger partial charge on any atom is 0.123 e. The number of ether oxygens (including phenoxy) is 2. The average molecular weight is 280 g/mol. The fourth-order valence-corrected chi connectivity index (χ4v) is 2.33. The predicted molar refractivity (Wildman–Crippen MR) is 80.1 cm³/mol. The van der Waals surface area contributed by atoms with Gasteiger partial charge in [0.2, 0.25) is 0 Å². The van der Waals surface area contributed by atoms with Crippen molar-refractivity contribution >= 4 is 17.2 Å².